The molecule has 1 aliphatic heterocycles. The van der Waals surface area contributed by atoms with E-state index in [-0.39, 0.29) is 36.4 Å². The van der Waals surface area contributed by atoms with E-state index in [1.54, 1.807) is 0 Å². The average molecular weight is 481 g/mol. The van der Waals surface area contributed by atoms with Crippen molar-refractivity contribution in [3.63, 3.8) is 0 Å². The van der Waals surface area contributed by atoms with Crippen LogP contribution in [-0.2, 0) is 6.42 Å². The van der Waals surface area contributed by atoms with Gasteiger partial charge in [-0.25, -0.2) is 0 Å². The van der Waals surface area contributed by atoms with Gasteiger partial charge < -0.3 is 4.74 Å². The summed E-state index contributed by atoms with van der Waals surface area (Å²) in [6.07, 6.45) is 0.656. The van der Waals surface area contributed by atoms with Crippen molar-refractivity contribution in [3.8, 4) is 11.5 Å². The number of fused-ring (bicyclic) bond motifs is 2. The summed E-state index contributed by atoms with van der Waals surface area (Å²) in [7, 11) is 0. The molecule has 0 bridgehead atoms. The van der Waals surface area contributed by atoms with Crippen LogP contribution < -0.4 is 4.74 Å². The number of rotatable bonds is 10. The highest BCUT2D eigenvalue weighted by Crippen LogP contribution is 2.37. The van der Waals surface area contributed by atoms with Crippen LogP contribution in [0, 0.1) is 0 Å². The van der Waals surface area contributed by atoms with Gasteiger partial charge in [0.2, 0.25) is 0 Å². The molecule has 0 amide bonds. The maximum absolute atomic E-state index is 12.7. The first-order valence-corrected chi connectivity index (χ1v) is 10.9. The van der Waals surface area contributed by atoms with E-state index >= 15 is 0 Å². The smallest absolute Gasteiger partial charge is 0.176 e. The van der Waals surface area contributed by atoms with E-state index in [9.17, 15) is 9.59 Å². The summed E-state index contributed by atoms with van der Waals surface area (Å²) < 4.78 is 6.05. The van der Waals surface area contributed by atoms with Gasteiger partial charge in [0.15, 0.2) is 11.6 Å². The Bertz CT molecular complexity index is 852. The Morgan fingerprint density at radius 1 is 0.719 bits per heavy atom. The Morgan fingerprint density at radius 2 is 1.09 bits per heavy atom. The lowest BCUT2D eigenvalue weighted by molar-refractivity contribution is 0.0930. The minimum Gasteiger partial charge on any atom is -0.457 e. The summed E-state index contributed by atoms with van der Waals surface area (Å²) in [6.45, 7) is 12.5. The first-order valence-electron chi connectivity index (χ1n) is 10.9. The fourth-order valence-corrected chi connectivity index (χ4v) is 3.79. The van der Waals surface area contributed by atoms with E-state index in [2.05, 4.69) is 37.5 Å². The molecular formula is C25H34Cl2N2O3. The molecule has 0 unspecified atom stereocenters. The maximum Gasteiger partial charge on any atom is 0.176 e. The van der Waals surface area contributed by atoms with Crippen molar-refractivity contribution in [1.29, 1.82) is 0 Å². The van der Waals surface area contributed by atoms with Crippen LogP contribution in [0.5, 0.6) is 11.5 Å². The molecule has 7 heteroatoms. The molecule has 1 heterocycles. The molecule has 0 atom stereocenters. The number of hydrogen-bond donors (Lipinski definition) is 0. The molecule has 0 spiro atoms. The van der Waals surface area contributed by atoms with Gasteiger partial charge in [0.05, 0.1) is 13.1 Å². The first kappa shape index (κ1) is 28.1. The van der Waals surface area contributed by atoms with Gasteiger partial charge in [-0.05, 0) is 62.6 Å². The SMILES string of the molecule is CCN(CC)CC(=O)c1ccc2c(c1)Cc1cc(C(=O)CN(CC)CC)ccc1O2.Cl.Cl. The lowest BCUT2D eigenvalue weighted by Gasteiger charge is -2.22. The van der Waals surface area contributed by atoms with Gasteiger partial charge in [-0.2, -0.15) is 0 Å². The Kier molecular flexibility index (Phi) is 11.4. The molecule has 0 aromatic heterocycles. The molecule has 176 valence electrons. The second-order valence-electron chi connectivity index (χ2n) is 7.69. The van der Waals surface area contributed by atoms with Crippen molar-refractivity contribution in [2.45, 2.75) is 34.1 Å². The summed E-state index contributed by atoms with van der Waals surface area (Å²) >= 11 is 0. The molecule has 0 radical (unpaired) electrons. The standard InChI is InChI=1S/C25H32N2O3.2ClH/c1-5-26(6-2)16-22(28)18-9-11-24-20(13-18)15-21-14-19(10-12-25(21)30-24)23(29)17-27(7-3)8-4;;/h9-14H,5-8,15-17H2,1-4H3;2*1H. The Labute approximate surface area is 203 Å². The number of nitrogens with zero attached hydrogens (tertiary/aromatic N) is 2. The predicted octanol–water partition coefficient (Wildman–Crippen LogP) is 5.28. The average Bonchev–Trinajstić information content (AvgIpc) is 2.78. The summed E-state index contributed by atoms with van der Waals surface area (Å²) in [5.41, 5.74) is 3.39. The maximum atomic E-state index is 12.7. The van der Waals surface area contributed by atoms with E-state index in [1.165, 1.54) is 0 Å². The van der Waals surface area contributed by atoms with Crippen LogP contribution in [0.1, 0.15) is 59.5 Å². The van der Waals surface area contributed by atoms with Crippen LogP contribution in [-0.4, -0.2) is 60.6 Å². The largest absolute Gasteiger partial charge is 0.457 e. The molecule has 2 aromatic rings. The molecule has 0 saturated carbocycles. The normalized spacial score (nSPS) is 11.7. The lowest BCUT2D eigenvalue weighted by atomic mass is 9.95. The van der Waals surface area contributed by atoms with Crippen molar-refractivity contribution in [3.05, 3.63) is 58.7 Å². The molecule has 0 fully saturated rings. The summed E-state index contributed by atoms with van der Waals surface area (Å²) in [5, 5.41) is 0. The zero-order valence-corrected chi connectivity index (χ0v) is 21.0. The molecule has 5 nitrogen and oxygen atoms in total. The van der Waals surface area contributed by atoms with Gasteiger partial charge in [0.1, 0.15) is 11.5 Å². The first-order chi connectivity index (χ1) is 14.5. The van der Waals surface area contributed by atoms with Gasteiger partial charge in [-0.15, -0.1) is 24.8 Å². The van der Waals surface area contributed by atoms with Gasteiger partial charge in [-0.3, -0.25) is 19.4 Å². The topological polar surface area (TPSA) is 49.9 Å². The Morgan fingerprint density at radius 3 is 1.44 bits per heavy atom. The minimum atomic E-state index is 0. The monoisotopic (exact) mass is 480 g/mol. The number of likely N-dealkylation sites (N-methyl/N-ethyl adjacent to an activating group) is 2. The van der Waals surface area contributed by atoms with Crippen molar-refractivity contribution in [2.75, 3.05) is 39.3 Å². The molecule has 32 heavy (non-hydrogen) atoms. The van der Waals surface area contributed by atoms with Crippen molar-refractivity contribution >= 4 is 36.4 Å². The predicted molar refractivity (Wildman–Crippen MR) is 134 cm³/mol. The van der Waals surface area contributed by atoms with E-state index in [1.807, 2.05) is 36.4 Å². The fraction of sp³-hybridized carbons (Fsp3) is 0.440. The highest BCUT2D eigenvalue weighted by atomic mass is 35.5. The third kappa shape index (κ3) is 6.55. The van der Waals surface area contributed by atoms with Crippen LogP contribution in [0.2, 0.25) is 0 Å². The number of Topliss-reactive ketones (excluding diaryl/α,β-unsaturated/α-hetero) is 2. The Balaban J connectivity index is 0.00000256. The number of benzene rings is 2. The summed E-state index contributed by atoms with van der Waals surface area (Å²) in [6, 6.07) is 11.3. The van der Waals surface area contributed by atoms with Gasteiger partial charge in [0.25, 0.3) is 0 Å². The molecule has 0 aliphatic carbocycles. The number of carbonyl (C=O) groups is 2. The van der Waals surface area contributed by atoms with Crippen molar-refractivity contribution in [2.24, 2.45) is 0 Å². The number of halogens is 2. The van der Waals surface area contributed by atoms with Crippen molar-refractivity contribution < 1.29 is 14.3 Å². The van der Waals surface area contributed by atoms with Gasteiger partial charge in [-0.1, -0.05) is 27.7 Å². The van der Waals surface area contributed by atoms with E-state index in [0.29, 0.717) is 30.6 Å². The fourth-order valence-electron chi connectivity index (χ4n) is 3.79. The second kappa shape index (κ2) is 12.9. The zero-order chi connectivity index (χ0) is 21.7. The van der Waals surface area contributed by atoms with Crippen LogP contribution in [0.25, 0.3) is 0 Å². The molecule has 0 saturated heterocycles. The molecule has 2 aromatic carbocycles. The Hall–Kier alpha value is -1.92. The number of carbonyl (C=O) groups excluding carboxylic acids is 2. The third-order valence-corrected chi connectivity index (χ3v) is 5.89. The van der Waals surface area contributed by atoms with Gasteiger partial charge >= 0.3 is 0 Å². The van der Waals surface area contributed by atoms with Crippen LogP contribution in [0.3, 0.4) is 0 Å². The quantitative estimate of drug-likeness (QED) is 0.369. The highest BCUT2D eigenvalue weighted by molar-refractivity contribution is 5.99. The van der Waals surface area contributed by atoms with Crippen molar-refractivity contribution in [1.82, 2.24) is 9.80 Å². The third-order valence-electron chi connectivity index (χ3n) is 5.89. The number of ether oxygens (including phenoxy) is 1. The molecular weight excluding hydrogens is 447 g/mol. The number of hydrogen-bond acceptors (Lipinski definition) is 5. The number of ketones is 2. The van der Waals surface area contributed by atoms with E-state index < -0.39 is 0 Å². The van der Waals surface area contributed by atoms with E-state index in [4.69, 9.17) is 4.74 Å². The zero-order valence-electron chi connectivity index (χ0n) is 19.3. The minimum absolute atomic E-state index is 0. The van der Waals surface area contributed by atoms with Crippen LogP contribution >= 0.6 is 24.8 Å². The van der Waals surface area contributed by atoms with Gasteiger partial charge in [0, 0.05) is 28.7 Å². The highest BCUT2D eigenvalue weighted by Gasteiger charge is 2.21. The summed E-state index contributed by atoms with van der Waals surface area (Å²) in [5.74, 6) is 1.80. The molecule has 1 aliphatic rings. The van der Waals surface area contributed by atoms with Crippen LogP contribution in [0.4, 0.5) is 0 Å². The molecule has 0 N–H and O–H groups in total. The summed E-state index contributed by atoms with van der Waals surface area (Å²) in [4.78, 5) is 29.6. The second-order valence-corrected chi connectivity index (χ2v) is 7.69. The molecule has 3 rings (SSSR count). The van der Waals surface area contributed by atoms with E-state index in [0.717, 1.165) is 48.8 Å². The van der Waals surface area contributed by atoms with Crippen LogP contribution in [0.15, 0.2) is 36.4 Å². The lowest BCUT2D eigenvalue weighted by Crippen LogP contribution is -2.29.